The Morgan fingerprint density at radius 2 is 1.91 bits per heavy atom. The normalized spacial score (nSPS) is 12.2. The van der Waals surface area contributed by atoms with Crippen molar-refractivity contribution in [1.82, 2.24) is 14.7 Å². The molecule has 0 fully saturated rings. The minimum atomic E-state index is -0.210. The van der Waals surface area contributed by atoms with Crippen LogP contribution in [0.4, 0.5) is 5.69 Å². The molecule has 1 amide bonds. The average molecular weight is 491 g/mol. The van der Waals surface area contributed by atoms with Gasteiger partial charge in [-0.1, -0.05) is 41.9 Å². The summed E-state index contributed by atoms with van der Waals surface area (Å²) < 4.78 is 2.03. The number of rotatable bonds is 9. The number of aromatic nitrogens is 2. The van der Waals surface area contributed by atoms with Crippen LogP contribution >= 0.6 is 11.6 Å². The number of pyridine rings is 1. The molecule has 0 aliphatic heterocycles. The van der Waals surface area contributed by atoms with E-state index in [0.29, 0.717) is 23.4 Å². The topological polar surface area (TPSA) is 78.7 Å². The number of anilines is 1. The number of hydrogen-bond acceptors (Lipinski definition) is 4. The van der Waals surface area contributed by atoms with E-state index in [9.17, 15) is 9.90 Å². The van der Waals surface area contributed by atoms with Crippen molar-refractivity contribution in [2.45, 2.75) is 45.7 Å². The third kappa shape index (κ3) is 6.02. The Kier molecular flexibility index (Phi) is 7.73. The molecule has 0 bridgehead atoms. The largest absolute Gasteiger partial charge is 0.396 e. The molecule has 0 saturated carbocycles. The number of aryl methyl sites for hydroxylation is 1. The van der Waals surface area contributed by atoms with Crippen molar-refractivity contribution >= 4 is 28.8 Å². The summed E-state index contributed by atoms with van der Waals surface area (Å²) in [4.78, 5) is 17.6. The summed E-state index contributed by atoms with van der Waals surface area (Å²) >= 11 is 6.36. The predicted molar refractivity (Wildman–Crippen MR) is 142 cm³/mol. The summed E-state index contributed by atoms with van der Waals surface area (Å²) in [5.41, 5.74) is 6.39. The van der Waals surface area contributed by atoms with Gasteiger partial charge in [-0.25, -0.2) is 4.98 Å². The number of hydrogen-bond donors (Lipinski definition) is 3. The molecule has 0 aliphatic carbocycles. The number of benzene rings is 2. The van der Waals surface area contributed by atoms with E-state index in [1.54, 1.807) is 12.1 Å². The Labute approximate surface area is 211 Å². The molecule has 0 radical (unpaired) electrons. The van der Waals surface area contributed by atoms with Crippen LogP contribution in [0, 0.1) is 6.92 Å². The Hall–Kier alpha value is -3.35. The number of aliphatic hydroxyl groups is 1. The second-order valence-electron chi connectivity index (χ2n) is 9.13. The fourth-order valence-electron chi connectivity index (χ4n) is 4.12. The van der Waals surface area contributed by atoms with Crippen LogP contribution in [0.3, 0.4) is 0 Å². The van der Waals surface area contributed by atoms with Crippen molar-refractivity contribution < 1.29 is 9.90 Å². The highest BCUT2D eigenvalue weighted by molar-refractivity contribution is 6.33. The number of imidazole rings is 1. The van der Waals surface area contributed by atoms with E-state index in [-0.39, 0.29) is 24.6 Å². The maximum absolute atomic E-state index is 12.9. The van der Waals surface area contributed by atoms with Crippen LogP contribution in [-0.4, -0.2) is 39.1 Å². The monoisotopic (exact) mass is 490 g/mol. The van der Waals surface area contributed by atoms with Crippen LogP contribution in [0.5, 0.6) is 0 Å². The van der Waals surface area contributed by atoms with Crippen molar-refractivity contribution in [2.24, 2.45) is 0 Å². The summed E-state index contributed by atoms with van der Waals surface area (Å²) in [6.07, 6.45) is 5.09. The summed E-state index contributed by atoms with van der Waals surface area (Å²) in [6.45, 7) is 6.10. The zero-order valence-electron chi connectivity index (χ0n) is 20.3. The summed E-state index contributed by atoms with van der Waals surface area (Å²) in [7, 11) is 0. The first-order valence-electron chi connectivity index (χ1n) is 11.9. The predicted octanol–water partition coefficient (Wildman–Crippen LogP) is 5.51. The highest BCUT2D eigenvalue weighted by atomic mass is 35.5. The van der Waals surface area contributed by atoms with Gasteiger partial charge in [0, 0.05) is 42.2 Å². The van der Waals surface area contributed by atoms with E-state index in [4.69, 9.17) is 16.6 Å². The van der Waals surface area contributed by atoms with Gasteiger partial charge in [0.15, 0.2) is 0 Å². The smallest absolute Gasteiger partial charge is 0.251 e. The molecular formula is C28H31ClN4O2. The van der Waals surface area contributed by atoms with Crippen molar-refractivity contribution in [1.29, 1.82) is 0 Å². The van der Waals surface area contributed by atoms with Gasteiger partial charge >= 0.3 is 0 Å². The first-order chi connectivity index (χ1) is 16.8. The standard InChI is InChI=1S/C28H31ClN4O2/c1-18(2)30-25-11-10-22(16-24(25)29)28(35)31-23(12-14-34)15-20-6-8-21(9-7-20)26-17-33-13-4-5-19(3)27(33)32-26/h4-11,13,16-18,23,30,34H,12,14-15H2,1-3H3,(H,31,35)/t23-/m1/s1. The first-order valence-corrected chi connectivity index (χ1v) is 12.2. The second-order valence-corrected chi connectivity index (χ2v) is 9.53. The SMILES string of the molecule is Cc1cccn2cc(-c3ccc(C[C@@H](CCO)NC(=O)c4ccc(NC(C)C)c(Cl)c4)cc3)nc12. The molecule has 4 aromatic rings. The van der Waals surface area contributed by atoms with Gasteiger partial charge in [0.05, 0.1) is 16.4 Å². The summed E-state index contributed by atoms with van der Waals surface area (Å²) in [5, 5.41) is 16.4. The lowest BCUT2D eigenvalue weighted by molar-refractivity contribution is 0.0930. The van der Waals surface area contributed by atoms with Crippen LogP contribution in [0.2, 0.25) is 5.02 Å². The Bertz CT molecular complexity index is 1310. The minimum absolute atomic E-state index is 0.0123. The molecule has 1 atom stereocenters. The number of nitrogens with one attached hydrogen (secondary N) is 2. The quantitative estimate of drug-likeness (QED) is 0.289. The number of nitrogens with zero attached hydrogens (tertiary/aromatic N) is 2. The average Bonchev–Trinajstić information content (AvgIpc) is 3.26. The number of carbonyl (C=O) groups excluding carboxylic acids is 1. The second kappa shape index (κ2) is 10.9. The molecule has 0 aliphatic rings. The van der Waals surface area contributed by atoms with E-state index >= 15 is 0 Å². The van der Waals surface area contributed by atoms with E-state index in [1.807, 2.05) is 67.0 Å². The molecule has 3 N–H and O–H groups in total. The van der Waals surface area contributed by atoms with Crippen LogP contribution in [0.25, 0.3) is 16.9 Å². The molecular weight excluding hydrogens is 460 g/mol. The fraction of sp³-hybridized carbons (Fsp3) is 0.286. The minimum Gasteiger partial charge on any atom is -0.396 e. The number of halogens is 1. The highest BCUT2D eigenvalue weighted by Gasteiger charge is 2.16. The lowest BCUT2D eigenvalue weighted by Crippen LogP contribution is -2.37. The van der Waals surface area contributed by atoms with Gasteiger partial charge < -0.3 is 20.1 Å². The zero-order valence-corrected chi connectivity index (χ0v) is 21.0. The molecule has 0 spiro atoms. The third-order valence-corrected chi connectivity index (χ3v) is 6.21. The van der Waals surface area contributed by atoms with Gasteiger partial charge in [-0.3, -0.25) is 4.79 Å². The maximum Gasteiger partial charge on any atom is 0.251 e. The molecule has 2 heterocycles. The first kappa shape index (κ1) is 24.8. The van der Waals surface area contributed by atoms with Gasteiger partial charge in [0.2, 0.25) is 0 Å². The third-order valence-electron chi connectivity index (χ3n) is 5.90. The van der Waals surface area contributed by atoms with Gasteiger partial charge in [0.1, 0.15) is 5.65 Å². The molecule has 0 unspecified atom stereocenters. The van der Waals surface area contributed by atoms with Crippen molar-refractivity contribution in [3.05, 3.63) is 88.7 Å². The fourth-order valence-corrected chi connectivity index (χ4v) is 4.36. The maximum atomic E-state index is 12.9. The van der Waals surface area contributed by atoms with Crippen LogP contribution < -0.4 is 10.6 Å². The van der Waals surface area contributed by atoms with Gasteiger partial charge in [0.25, 0.3) is 5.91 Å². The highest BCUT2D eigenvalue weighted by Crippen LogP contribution is 2.24. The number of aliphatic hydroxyl groups excluding tert-OH is 1. The summed E-state index contributed by atoms with van der Waals surface area (Å²) in [6, 6.07) is 17.5. The Balaban J connectivity index is 1.44. The number of fused-ring (bicyclic) bond motifs is 1. The summed E-state index contributed by atoms with van der Waals surface area (Å²) in [5.74, 6) is -0.210. The van der Waals surface area contributed by atoms with Crippen molar-refractivity contribution in [2.75, 3.05) is 11.9 Å². The van der Waals surface area contributed by atoms with Gasteiger partial charge in [-0.05, 0) is 69.0 Å². The molecule has 4 rings (SSSR count). The molecule has 7 heteroatoms. The number of carbonyl (C=O) groups is 1. The van der Waals surface area contributed by atoms with Crippen molar-refractivity contribution in [3.63, 3.8) is 0 Å². The molecule has 6 nitrogen and oxygen atoms in total. The van der Waals surface area contributed by atoms with Crippen molar-refractivity contribution in [3.8, 4) is 11.3 Å². The Morgan fingerprint density at radius 3 is 2.57 bits per heavy atom. The van der Waals surface area contributed by atoms with E-state index in [0.717, 1.165) is 33.7 Å². The molecule has 35 heavy (non-hydrogen) atoms. The Morgan fingerprint density at radius 1 is 1.14 bits per heavy atom. The molecule has 2 aromatic heterocycles. The molecule has 182 valence electrons. The molecule has 2 aromatic carbocycles. The van der Waals surface area contributed by atoms with E-state index in [1.165, 1.54) is 0 Å². The van der Waals surface area contributed by atoms with Crippen LogP contribution in [-0.2, 0) is 6.42 Å². The van der Waals surface area contributed by atoms with Gasteiger partial charge in [-0.15, -0.1) is 0 Å². The van der Waals surface area contributed by atoms with E-state index in [2.05, 4.69) is 23.6 Å². The van der Waals surface area contributed by atoms with E-state index < -0.39 is 0 Å². The van der Waals surface area contributed by atoms with Crippen LogP contribution in [0.15, 0.2) is 67.0 Å². The lowest BCUT2D eigenvalue weighted by Gasteiger charge is -2.19. The zero-order chi connectivity index (χ0) is 24.9. The van der Waals surface area contributed by atoms with Crippen LogP contribution in [0.1, 0.15) is 41.8 Å². The molecule has 0 saturated heterocycles. The van der Waals surface area contributed by atoms with Gasteiger partial charge in [-0.2, -0.15) is 0 Å². The number of amides is 1. The lowest BCUT2D eigenvalue weighted by atomic mass is 10.0.